The minimum absolute atomic E-state index is 0.0319. The fourth-order valence-electron chi connectivity index (χ4n) is 3.34. The largest absolute Gasteiger partial charge is 0.497 e. The van der Waals surface area contributed by atoms with Crippen LogP contribution in [0.25, 0.3) is 11.3 Å². The van der Waals surface area contributed by atoms with Gasteiger partial charge in [0.2, 0.25) is 5.91 Å². The molecule has 0 saturated heterocycles. The van der Waals surface area contributed by atoms with Crippen LogP contribution < -0.4 is 10.2 Å². The summed E-state index contributed by atoms with van der Waals surface area (Å²) >= 11 is 0. The number of ether oxygens (including phenoxy) is 1. The molecule has 0 atom stereocenters. The third-order valence-corrected chi connectivity index (χ3v) is 5.09. The molecule has 1 heterocycles. The molecule has 0 spiro atoms. The second kappa shape index (κ2) is 10.4. The SMILES string of the molecule is COc1ccc(CCCC(=O)N/N=C\c2ccc(-c3ccc([N+](=O)[O-])cc3C)o2)c(C)c1. The topological polar surface area (TPSA) is 107 Å². The normalized spacial score (nSPS) is 11.0. The van der Waals surface area contributed by atoms with Gasteiger partial charge in [0.05, 0.1) is 18.2 Å². The number of amides is 1. The number of non-ortho nitro benzene ring substituents is 1. The lowest BCUT2D eigenvalue weighted by atomic mass is 10.0. The summed E-state index contributed by atoms with van der Waals surface area (Å²) < 4.78 is 10.9. The summed E-state index contributed by atoms with van der Waals surface area (Å²) in [5.41, 5.74) is 6.35. The number of hydrogen-bond donors (Lipinski definition) is 1. The third kappa shape index (κ3) is 5.81. The molecule has 8 heteroatoms. The van der Waals surface area contributed by atoms with E-state index in [1.807, 2.05) is 25.1 Å². The fourth-order valence-corrected chi connectivity index (χ4v) is 3.34. The van der Waals surface area contributed by atoms with Gasteiger partial charge in [-0.05, 0) is 73.7 Å². The Morgan fingerprint density at radius 3 is 2.66 bits per heavy atom. The summed E-state index contributed by atoms with van der Waals surface area (Å²) in [5.74, 6) is 1.68. The van der Waals surface area contributed by atoms with E-state index in [4.69, 9.17) is 9.15 Å². The number of carbonyl (C=O) groups excluding carboxylic acids is 1. The summed E-state index contributed by atoms with van der Waals surface area (Å²) in [6.07, 6.45) is 3.28. The van der Waals surface area contributed by atoms with Crippen molar-refractivity contribution in [2.24, 2.45) is 5.10 Å². The number of methoxy groups -OCH3 is 1. The highest BCUT2D eigenvalue weighted by Crippen LogP contribution is 2.28. The van der Waals surface area contributed by atoms with Crippen LogP contribution in [-0.2, 0) is 11.2 Å². The molecule has 3 aromatic rings. The minimum Gasteiger partial charge on any atom is -0.497 e. The van der Waals surface area contributed by atoms with E-state index in [1.54, 1.807) is 32.2 Å². The average molecular weight is 435 g/mol. The number of benzene rings is 2. The maximum absolute atomic E-state index is 12.0. The fraction of sp³-hybridized carbons (Fsp3) is 0.250. The number of nitro benzene ring substituents is 1. The molecule has 0 fully saturated rings. The second-order valence-electron chi connectivity index (χ2n) is 7.40. The van der Waals surface area contributed by atoms with Crippen molar-refractivity contribution in [3.63, 3.8) is 0 Å². The summed E-state index contributed by atoms with van der Waals surface area (Å²) in [6.45, 7) is 3.81. The third-order valence-electron chi connectivity index (χ3n) is 5.09. The van der Waals surface area contributed by atoms with Crippen LogP contribution in [0.5, 0.6) is 5.75 Å². The first-order valence-electron chi connectivity index (χ1n) is 10.2. The Labute approximate surface area is 186 Å². The van der Waals surface area contributed by atoms with Gasteiger partial charge in [-0.15, -0.1) is 0 Å². The highest BCUT2D eigenvalue weighted by atomic mass is 16.6. The number of furan rings is 1. The summed E-state index contributed by atoms with van der Waals surface area (Å²) in [7, 11) is 1.64. The van der Waals surface area contributed by atoms with Crippen LogP contribution in [0.3, 0.4) is 0 Å². The number of nitro groups is 1. The van der Waals surface area contributed by atoms with Crippen LogP contribution in [0.1, 0.15) is 35.3 Å². The maximum Gasteiger partial charge on any atom is 0.269 e. The van der Waals surface area contributed by atoms with E-state index in [0.29, 0.717) is 24.4 Å². The van der Waals surface area contributed by atoms with E-state index < -0.39 is 4.92 Å². The standard InChI is InChI=1S/C24H25N3O5/c1-16-14-20(31-3)9-7-18(16)5-4-6-24(28)26-25-15-21-10-12-23(32-21)22-11-8-19(27(29)30)13-17(22)2/h7-15H,4-6H2,1-3H3,(H,26,28)/b25-15-. The van der Waals surface area contributed by atoms with E-state index in [9.17, 15) is 14.9 Å². The molecular formula is C24H25N3O5. The number of carbonyl (C=O) groups is 1. The summed E-state index contributed by atoms with van der Waals surface area (Å²) in [5, 5.41) is 14.8. The number of nitrogens with zero attached hydrogens (tertiary/aromatic N) is 2. The molecule has 0 radical (unpaired) electrons. The summed E-state index contributed by atoms with van der Waals surface area (Å²) in [6, 6.07) is 14.0. The number of hydrazone groups is 1. The first kappa shape index (κ1) is 22.7. The molecule has 0 unspecified atom stereocenters. The smallest absolute Gasteiger partial charge is 0.269 e. The molecule has 0 aliphatic carbocycles. The van der Waals surface area contributed by atoms with Gasteiger partial charge >= 0.3 is 0 Å². The first-order valence-corrected chi connectivity index (χ1v) is 10.2. The molecule has 1 amide bonds. The zero-order valence-corrected chi connectivity index (χ0v) is 18.3. The first-order chi connectivity index (χ1) is 15.4. The number of aryl methyl sites for hydroxylation is 3. The lowest BCUT2D eigenvalue weighted by Crippen LogP contribution is -2.17. The predicted octanol–water partition coefficient (Wildman–Crippen LogP) is 4.95. The number of nitrogens with one attached hydrogen (secondary N) is 1. The molecule has 1 aromatic heterocycles. The molecule has 32 heavy (non-hydrogen) atoms. The van der Waals surface area contributed by atoms with Crippen molar-refractivity contribution in [1.29, 1.82) is 0 Å². The Bertz CT molecular complexity index is 1150. The van der Waals surface area contributed by atoms with E-state index in [1.165, 1.54) is 23.9 Å². The van der Waals surface area contributed by atoms with Gasteiger partial charge in [-0.1, -0.05) is 6.07 Å². The van der Waals surface area contributed by atoms with Crippen molar-refractivity contribution in [2.45, 2.75) is 33.1 Å². The van der Waals surface area contributed by atoms with Crippen molar-refractivity contribution < 1.29 is 18.9 Å². The zero-order valence-electron chi connectivity index (χ0n) is 18.3. The van der Waals surface area contributed by atoms with E-state index in [2.05, 4.69) is 10.5 Å². The Morgan fingerprint density at radius 1 is 1.16 bits per heavy atom. The van der Waals surface area contributed by atoms with Gasteiger partial charge in [-0.25, -0.2) is 5.43 Å². The zero-order chi connectivity index (χ0) is 23.1. The van der Waals surface area contributed by atoms with Crippen LogP contribution in [-0.4, -0.2) is 24.2 Å². The Hall–Kier alpha value is -3.94. The molecular weight excluding hydrogens is 410 g/mol. The second-order valence-corrected chi connectivity index (χ2v) is 7.40. The van der Waals surface area contributed by atoms with E-state index >= 15 is 0 Å². The predicted molar refractivity (Wildman–Crippen MR) is 122 cm³/mol. The molecule has 8 nitrogen and oxygen atoms in total. The lowest BCUT2D eigenvalue weighted by molar-refractivity contribution is -0.384. The van der Waals surface area contributed by atoms with E-state index in [0.717, 1.165) is 28.9 Å². The molecule has 2 aromatic carbocycles. The van der Waals surface area contributed by atoms with Crippen LogP contribution in [0, 0.1) is 24.0 Å². The van der Waals surface area contributed by atoms with Crippen molar-refractivity contribution in [2.75, 3.05) is 7.11 Å². The molecule has 3 rings (SSSR count). The number of hydrogen-bond acceptors (Lipinski definition) is 6. The van der Waals surface area contributed by atoms with Gasteiger partial charge in [0.1, 0.15) is 17.3 Å². The summed E-state index contributed by atoms with van der Waals surface area (Å²) in [4.78, 5) is 22.5. The van der Waals surface area contributed by atoms with Crippen molar-refractivity contribution in [3.8, 4) is 17.1 Å². The van der Waals surface area contributed by atoms with Gasteiger partial charge in [0, 0.05) is 24.1 Å². The molecule has 1 N–H and O–H groups in total. The minimum atomic E-state index is -0.433. The highest BCUT2D eigenvalue weighted by Gasteiger charge is 2.12. The van der Waals surface area contributed by atoms with E-state index in [-0.39, 0.29) is 11.6 Å². The molecule has 0 saturated carbocycles. The Kier molecular flexibility index (Phi) is 7.38. The molecule has 0 bridgehead atoms. The van der Waals surface area contributed by atoms with Gasteiger partial charge in [-0.2, -0.15) is 5.10 Å². The lowest BCUT2D eigenvalue weighted by Gasteiger charge is -2.07. The van der Waals surface area contributed by atoms with Crippen molar-refractivity contribution in [1.82, 2.24) is 5.43 Å². The van der Waals surface area contributed by atoms with Crippen molar-refractivity contribution in [3.05, 3.63) is 81.1 Å². The Morgan fingerprint density at radius 2 is 1.97 bits per heavy atom. The Balaban J connectivity index is 1.50. The number of rotatable bonds is 9. The maximum atomic E-state index is 12.0. The highest BCUT2D eigenvalue weighted by molar-refractivity contribution is 5.81. The van der Waals surface area contributed by atoms with Gasteiger partial charge in [0.15, 0.2) is 0 Å². The molecule has 0 aliphatic rings. The van der Waals surface area contributed by atoms with Crippen LogP contribution in [0.2, 0.25) is 0 Å². The molecule has 0 aliphatic heterocycles. The quantitative estimate of drug-likeness (QED) is 0.291. The average Bonchev–Trinajstić information content (AvgIpc) is 3.23. The van der Waals surface area contributed by atoms with Crippen LogP contribution in [0.15, 0.2) is 58.0 Å². The van der Waals surface area contributed by atoms with Gasteiger partial charge in [0.25, 0.3) is 5.69 Å². The van der Waals surface area contributed by atoms with Crippen LogP contribution >= 0.6 is 0 Å². The van der Waals surface area contributed by atoms with Gasteiger partial charge in [-0.3, -0.25) is 14.9 Å². The van der Waals surface area contributed by atoms with Crippen molar-refractivity contribution >= 4 is 17.8 Å². The molecule has 166 valence electrons. The van der Waals surface area contributed by atoms with Gasteiger partial charge < -0.3 is 9.15 Å². The monoisotopic (exact) mass is 435 g/mol. The van der Waals surface area contributed by atoms with Crippen LogP contribution in [0.4, 0.5) is 5.69 Å².